The SMILES string of the molecule is CCNc1nc(N2CCCN(C)CC2)c2cn[nH]c2n1. The lowest BCUT2D eigenvalue weighted by Crippen LogP contribution is -2.29. The van der Waals surface area contributed by atoms with Crippen LogP contribution >= 0.6 is 0 Å². The molecule has 0 radical (unpaired) electrons. The summed E-state index contributed by atoms with van der Waals surface area (Å²) in [6.07, 6.45) is 2.96. The first-order chi connectivity index (χ1) is 9.78. The lowest BCUT2D eigenvalue weighted by Gasteiger charge is -2.22. The first-order valence-electron chi connectivity index (χ1n) is 7.16. The second-order valence-corrected chi connectivity index (χ2v) is 5.18. The van der Waals surface area contributed by atoms with Crippen LogP contribution in [-0.2, 0) is 0 Å². The minimum Gasteiger partial charge on any atom is -0.355 e. The average molecular weight is 275 g/mol. The summed E-state index contributed by atoms with van der Waals surface area (Å²) in [5.41, 5.74) is 0.795. The normalized spacial score (nSPS) is 17.4. The highest BCUT2D eigenvalue weighted by atomic mass is 15.3. The minimum atomic E-state index is 0.664. The molecule has 0 bridgehead atoms. The van der Waals surface area contributed by atoms with Crippen molar-refractivity contribution in [3.8, 4) is 0 Å². The van der Waals surface area contributed by atoms with Gasteiger partial charge in [-0.15, -0.1) is 0 Å². The number of fused-ring (bicyclic) bond motifs is 1. The number of hydrogen-bond acceptors (Lipinski definition) is 6. The van der Waals surface area contributed by atoms with Crippen molar-refractivity contribution in [2.24, 2.45) is 0 Å². The molecule has 0 atom stereocenters. The lowest BCUT2D eigenvalue weighted by molar-refractivity contribution is 0.360. The van der Waals surface area contributed by atoms with E-state index in [0.29, 0.717) is 5.95 Å². The zero-order chi connectivity index (χ0) is 13.9. The van der Waals surface area contributed by atoms with Gasteiger partial charge in [0, 0.05) is 26.2 Å². The Hall–Kier alpha value is -1.89. The fourth-order valence-corrected chi connectivity index (χ4v) is 2.56. The number of nitrogens with zero attached hydrogens (tertiary/aromatic N) is 5. The monoisotopic (exact) mass is 275 g/mol. The highest BCUT2D eigenvalue weighted by Crippen LogP contribution is 2.24. The van der Waals surface area contributed by atoms with Crippen LogP contribution < -0.4 is 10.2 Å². The predicted molar refractivity (Wildman–Crippen MR) is 80.2 cm³/mol. The topological polar surface area (TPSA) is 73.0 Å². The van der Waals surface area contributed by atoms with Crippen molar-refractivity contribution in [1.29, 1.82) is 0 Å². The molecule has 1 saturated heterocycles. The molecule has 7 heteroatoms. The summed E-state index contributed by atoms with van der Waals surface area (Å²) < 4.78 is 0. The van der Waals surface area contributed by atoms with Crippen molar-refractivity contribution in [1.82, 2.24) is 25.1 Å². The molecule has 1 aliphatic heterocycles. The van der Waals surface area contributed by atoms with Crippen LogP contribution in [0.2, 0.25) is 0 Å². The zero-order valence-corrected chi connectivity index (χ0v) is 12.1. The summed E-state index contributed by atoms with van der Waals surface area (Å²) in [7, 11) is 2.17. The Kier molecular flexibility index (Phi) is 3.68. The third-order valence-corrected chi connectivity index (χ3v) is 3.64. The van der Waals surface area contributed by atoms with E-state index >= 15 is 0 Å². The van der Waals surface area contributed by atoms with Gasteiger partial charge in [0.15, 0.2) is 5.65 Å². The molecule has 0 unspecified atom stereocenters. The van der Waals surface area contributed by atoms with Crippen LogP contribution in [0.25, 0.3) is 11.0 Å². The first-order valence-corrected chi connectivity index (χ1v) is 7.16. The van der Waals surface area contributed by atoms with Crippen LogP contribution in [0.1, 0.15) is 13.3 Å². The fraction of sp³-hybridized carbons (Fsp3) is 0.615. The number of nitrogens with one attached hydrogen (secondary N) is 2. The molecule has 1 fully saturated rings. The molecule has 7 nitrogen and oxygen atoms in total. The summed E-state index contributed by atoms with van der Waals surface area (Å²) in [6, 6.07) is 0. The van der Waals surface area contributed by atoms with Crippen LogP contribution in [0, 0.1) is 0 Å². The number of aromatic nitrogens is 4. The molecule has 2 aromatic rings. The van der Waals surface area contributed by atoms with Gasteiger partial charge in [-0.1, -0.05) is 0 Å². The predicted octanol–water partition coefficient (Wildman–Crippen LogP) is 0.927. The molecule has 1 aliphatic rings. The standard InChI is InChI=1S/C13H21N7/c1-3-14-13-16-11-10(9-15-18-11)12(17-13)20-6-4-5-19(2)7-8-20/h9H,3-8H2,1-2H3,(H2,14,15,16,17,18). The number of hydrogen-bond donors (Lipinski definition) is 2. The van der Waals surface area contributed by atoms with Crippen LogP contribution in [0.3, 0.4) is 0 Å². The summed E-state index contributed by atoms with van der Waals surface area (Å²) in [4.78, 5) is 13.8. The highest BCUT2D eigenvalue weighted by molar-refractivity contribution is 5.87. The van der Waals surface area contributed by atoms with Gasteiger partial charge < -0.3 is 15.1 Å². The fourth-order valence-electron chi connectivity index (χ4n) is 2.56. The Bertz CT molecular complexity index is 579. The highest BCUT2D eigenvalue weighted by Gasteiger charge is 2.18. The number of likely N-dealkylation sites (N-methyl/N-ethyl adjacent to an activating group) is 1. The van der Waals surface area contributed by atoms with Gasteiger partial charge in [0.1, 0.15) is 5.82 Å². The third-order valence-electron chi connectivity index (χ3n) is 3.64. The Balaban J connectivity index is 1.97. The first kappa shape index (κ1) is 13.1. The van der Waals surface area contributed by atoms with E-state index in [1.54, 1.807) is 0 Å². The molecule has 0 amide bonds. The molecule has 2 aromatic heterocycles. The van der Waals surface area contributed by atoms with Crippen molar-refractivity contribution in [3.05, 3.63) is 6.20 Å². The van der Waals surface area contributed by atoms with E-state index in [1.165, 1.54) is 0 Å². The summed E-state index contributed by atoms with van der Waals surface area (Å²) in [5, 5.41) is 11.2. The maximum atomic E-state index is 4.68. The molecule has 0 spiro atoms. The smallest absolute Gasteiger partial charge is 0.226 e. The van der Waals surface area contributed by atoms with Gasteiger partial charge in [-0.25, -0.2) is 0 Å². The van der Waals surface area contributed by atoms with E-state index in [0.717, 1.165) is 56.0 Å². The van der Waals surface area contributed by atoms with Crippen LogP contribution in [0.4, 0.5) is 11.8 Å². The third kappa shape index (κ3) is 2.53. The van der Waals surface area contributed by atoms with E-state index in [2.05, 4.69) is 42.3 Å². The van der Waals surface area contributed by atoms with Crippen molar-refractivity contribution < 1.29 is 0 Å². The van der Waals surface area contributed by atoms with Crippen molar-refractivity contribution in [2.45, 2.75) is 13.3 Å². The molecule has 108 valence electrons. The second-order valence-electron chi connectivity index (χ2n) is 5.18. The summed E-state index contributed by atoms with van der Waals surface area (Å²) in [6.45, 7) is 7.05. The number of aromatic amines is 1. The molecular weight excluding hydrogens is 254 g/mol. The van der Waals surface area contributed by atoms with E-state index in [9.17, 15) is 0 Å². The Morgan fingerprint density at radius 3 is 3.00 bits per heavy atom. The van der Waals surface area contributed by atoms with Crippen LogP contribution in [0.5, 0.6) is 0 Å². The lowest BCUT2D eigenvalue weighted by atomic mass is 10.3. The van der Waals surface area contributed by atoms with Gasteiger partial charge in [-0.3, -0.25) is 5.10 Å². The molecule has 20 heavy (non-hydrogen) atoms. The number of rotatable bonds is 3. The van der Waals surface area contributed by atoms with E-state index in [-0.39, 0.29) is 0 Å². The van der Waals surface area contributed by atoms with Crippen LogP contribution in [-0.4, -0.2) is 64.8 Å². The molecular formula is C13H21N7. The van der Waals surface area contributed by atoms with Crippen molar-refractivity contribution in [3.63, 3.8) is 0 Å². The summed E-state index contributed by atoms with van der Waals surface area (Å²) in [5.74, 6) is 1.65. The minimum absolute atomic E-state index is 0.664. The molecule has 3 rings (SSSR count). The number of anilines is 2. The van der Waals surface area contributed by atoms with E-state index in [4.69, 9.17) is 0 Å². The van der Waals surface area contributed by atoms with E-state index in [1.807, 2.05) is 13.1 Å². The quantitative estimate of drug-likeness (QED) is 0.868. The number of H-pyrrole nitrogens is 1. The van der Waals surface area contributed by atoms with Crippen molar-refractivity contribution in [2.75, 3.05) is 50.0 Å². The molecule has 0 saturated carbocycles. The van der Waals surface area contributed by atoms with Crippen LogP contribution in [0.15, 0.2) is 6.20 Å². The second kappa shape index (κ2) is 5.62. The molecule has 0 aromatic carbocycles. The van der Waals surface area contributed by atoms with Gasteiger partial charge >= 0.3 is 0 Å². The Morgan fingerprint density at radius 2 is 2.15 bits per heavy atom. The van der Waals surface area contributed by atoms with E-state index < -0.39 is 0 Å². The van der Waals surface area contributed by atoms with Gasteiger partial charge in [0.2, 0.25) is 5.95 Å². The molecule has 2 N–H and O–H groups in total. The molecule has 0 aliphatic carbocycles. The summed E-state index contributed by atoms with van der Waals surface area (Å²) >= 11 is 0. The zero-order valence-electron chi connectivity index (χ0n) is 12.1. The van der Waals surface area contributed by atoms with Gasteiger partial charge in [-0.2, -0.15) is 15.1 Å². The average Bonchev–Trinajstić information content (AvgIpc) is 2.80. The molecule has 3 heterocycles. The Morgan fingerprint density at radius 1 is 1.25 bits per heavy atom. The van der Waals surface area contributed by atoms with Gasteiger partial charge in [0.05, 0.1) is 11.6 Å². The largest absolute Gasteiger partial charge is 0.355 e. The maximum Gasteiger partial charge on any atom is 0.226 e. The van der Waals surface area contributed by atoms with Crippen molar-refractivity contribution >= 4 is 22.8 Å². The Labute approximate surface area is 118 Å². The van der Waals surface area contributed by atoms with Gasteiger partial charge in [-0.05, 0) is 26.9 Å². The van der Waals surface area contributed by atoms with Gasteiger partial charge in [0.25, 0.3) is 0 Å². The maximum absolute atomic E-state index is 4.68.